The Morgan fingerprint density at radius 3 is 1.62 bits per heavy atom. The molecule has 0 radical (unpaired) electrons. The highest BCUT2D eigenvalue weighted by Crippen LogP contribution is 2.46. The molecule has 0 heterocycles. The Bertz CT molecular complexity index is 1010. The third-order valence-corrected chi connectivity index (χ3v) is 4.61. The number of aromatic hydroxyl groups is 2. The van der Waals surface area contributed by atoms with Crippen molar-refractivity contribution in [3.63, 3.8) is 0 Å². The van der Waals surface area contributed by atoms with Crippen LogP contribution in [0.1, 0.15) is 11.1 Å². The van der Waals surface area contributed by atoms with Gasteiger partial charge in [0.15, 0.2) is 0 Å². The summed E-state index contributed by atoms with van der Waals surface area (Å²) in [5.74, 6) is 0.558. The molecule has 24 heavy (non-hydrogen) atoms. The van der Waals surface area contributed by atoms with E-state index in [0.29, 0.717) is 0 Å². The summed E-state index contributed by atoms with van der Waals surface area (Å²) in [6.07, 6.45) is 0. The standard InChI is InChI=1S/C22H18O2/c1-13-11-14(2)20(19(23)12-13)21-15-7-3-5-9-17(15)22(24)18-10-6-4-8-16(18)21/h3-12,23-24H,1-2H3. The largest absolute Gasteiger partial charge is 0.507 e. The number of fused-ring (bicyclic) bond motifs is 2. The molecule has 4 rings (SSSR count). The minimum absolute atomic E-state index is 0.272. The van der Waals surface area contributed by atoms with Crippen molar-refractivity contribution in [3.05, 3.63) is 71.8 Å². The summed E-state index contributed by atoms with van der Waals surface area (Å²) in [5, 5.41) is 24.8. The Balaban J connectivity index is 2.28. The molecule has 0 spiro atoms. The van der Waals surface area contributed by atoms with Gasteiger partial charge in [-0.2, -0.15) is 0 Å². The van der Waals surface area contributed by atoms with Gasteiger partial charge in [-0.3, -0.25) is 0 Å². The molecule has 0 unspecified atom stereocenters. The van der Waals surface area contributed by atoms with Gasteiger partial charge in [0, 0.05) is 21.9 Å². The van der Waals surface area contributed by atoms with Crippen LogP contribution < -0.4 is 0 Å². The Hall–Kier alpha value is -3.00. The summed E-state index contributed by atoms with van der Waals surface area (Å²) in [5.41, 5.74) is 3.84. The molecule has 4 aromatic carbocycles. The third-order valence-electron chi connectivity index (χ3n) is 4.61. The topological polar surface area (TPSA) is 40.5 Å². The fourth-order valence-corrected chi connectivity index (χ4v) is 3.65. The fourth-order valence-electron chi connectivity index (χ4n) is 3.65. The molecule has 2 nitrogen and oxygen atoms in total. The number of rotatable bonds is 1. The first-order chi connectivity index (χ1) is 11.6. The van der Waals surface area contributed by atoms with Gasteiger partial charge in [0.05, 0.1) is 0 Å². The molecule has 118 valence electrons. The Morgan fingerprint density at radius 1 is 0.625 bits per heavy atom. The van der Waals surface area contributed by atoms with Crippen LogP contribution in [0.25, 0.3) is 32.7 Å². The van der Waals surface area contributed by atoms with Gasteiger partial charge in [0.2, 0.25) is 0 Å². The van der Waals surface area contributed by atoms with E-state index in [-0.39, 0.29) is 11.5 Å². The second kappa shape index (κ2) is 5.27. The Morgan fingerprint density at radius 2 is 1.12 bits per heavy atom. The minimum Gasteiger partial charge on any atom is -0.507 e. The zero-order valence-electron chi connectivity index (χ0n) is 13.7. The number of aryl methyl sites for hydroxylation is 2. The van der Waals surface area contributed by atoms with Gasteiger partial charge < -0.3 is 10.2 Å². The molecule has 2 heteroatoms. The zero-order valence-corrected chi connectivity index (χ0v) is 13.7. The summed E-state index contributed by atoms with van der Waals surface area (Å²) in [7, 11) is 0. The SMILES string of the molecule is Cc1cc(C)c(-c2c3ccccc3c(O)c3ccccc23)c(O)c1. The molecule has 0 amide bonds. The first kappa shape index (κ1) is 14.6. The lowest BCUT2D eigenvalue weighted by atomic mass is 9.88. The lowest BCUT2D eigenvalue weighted by Gasteiger charge is -2.17. The maximum atomic E-state index is 10.7. The van der Waals surface area contributed by atoms with Crippen molar-refractivity contribution in [2.45, 2.75) is 13.8 Å². The van der Waals surface area contributed by atoms with Crippen LogP contribution in [0.3, 0.4) is 0 Å². The van der Waals surface area contributed by atoms with E-state index in [4.69, 9.17) is 0 Å². The first-order valence-corrected chi connectivity index (χ1v) is 8.01. The van der Waals surface area contributed by atoms with Gasteiger partial charge in [-0.05, 0) is 41.8 Å². The Labute approximate surface area is 140 Å². The van der Waals surface area contributed by atoms with Crippen LogP contribution in [0, 0.1) is 13.8 Å². The second-order valence-corrected chi connectivity index (χ2v) is 6.29. The monoisotopic (exact) mass is 314 g/mol. The van der Waals surface area contributed by atoms with Gasteiger partial charge >= 0.3 is 0 Å². The predicted molar refractivity (Wildman–Crippen MR) is 99.7 cm³/mol. The molecule has 0 atom stereocenters. The van der Waals surface area contributed by atoms with Gasteiger partial charge in [-0.25, -0.2) is 0 Å². The second-order valence-electron chi connectivity index (χ2n) is 6.29. The molecule has 0 aliphatic rings. The molecule has 2 N–H and O–H groups in total. The normalized spacial score (nSPS) is 11.2. The highest BCUT2D eigenvalue weighted by atomic mass is 16.3. The molecule has 4 aromatic rings. The minimum atomic E-state index is 0.272. The smallest absolute Gasteiger partial charge is 0.131 e. The van der Waals surface area contributed by atoms with Gasteiger partial charge in [-0.1, -0.05) is 54.6 Å². The summed E-state index contributed by atoms with van der Waals surface area (Å²) in [4.78, 5) is 0. The van der Waals surface area contributed by atoms with Crippen molar-refractivity contribution in [1.29, 1.82) is 0 Å². The van der Waals surface area contributed by atoms with Crippen molar-refractivity contribution < 1.29 is 10.2 Å². The van der Waals surface area contributed by atoms with Crippen molar-refractivity contribution in [2.75, 3.05) is 0 Å². The molecule has 0 aliphatic carbocycles. The lowest BCUT2D eigenvalue weighted by Crippen LogP contribution is -1.91. The van der Waals surface area contributed by atoms with E-state index in [2.05, 4.69) is 6.07 Å². The third kappa shape index (κ3) is 2.04. The maximum absolute atomic E-state index is 10.7. The summed E-state index contributed by atoms with van der Waals surface area (Å²) in [6.45, 7) is 3.99. The maximum Gasteiger partial charge on any atom is 0.131 e. The van der Waals surface area contributed by atoms with E-state index >= 15 is 0 Å². The van der Waals surface area contributed by atoms with E-state index in [1.54, 1.807) is 6.07 Å². The number of hydrogen-bond donors (Lipinski definition) is 2. The van der Waals surface area contributed by atoms with Crippen molar-refractivity contribution in [2.24, 2.45) is 0 Å². The van der Waals surface area contributed by atoms with Gasteiger partial charge in [-0.15, -0.1) is 0 Å². The molecule has 0 saturated carbocycles. The number of phenols is 2. The molecule has 0 bridgehead atoms. The number of hydrogen-bond acceptors (Lipinski definition) is 2. The highest BCUT2D eigenvalue weighted by Gasteiger charge is 2.18. The molecule has 0 saturated heterocycles. The van der Waals surface area contributed by atoms with E-state index in [0.717, 1.165) is 43.8 Å². The molecule has 0 aromatic heterocycles. The van der Waals surface area contributed by atoms with Crippen LogP contribution in [0.5, 0.6) is 11.5 Å². The quantitative estimate of drug-likeness (QED) is 0.443. The number of benzene rings is 4. The van der Waals surface area contributed by atoms with Crippen LogP contribution in [0.4, 0.5) is 0 Å². The number of phenolic OH excluding ortho intramolecular Hbond substituents is 2. The van der Waals surface area contributed by atoms with Crippen molar-refractivity contribution in [3.8, 4) is 22.6 Å². The zero-order chi connectivity index (χ0) is 16.8. The van der Waals surface area contributed by atoms with E-state index in [1.165, 1.54) is 0 Å². The van der Waals surface area contributed by atoms with Gasteiger partial charge in [0.1, 0.15) is 11.5 Å². The van der Waals surface area contributed by atoms with Crippen LogP contribution in [0.2, 0.25) is 0 Å². The van der Waals surface area contributed by atoms with E-state index in [9.17, 15) is 10.2 Å². The molecule has 0 fully saturated rings. The van der Waals surface area contributed by atoms with E-state index in [1.807, 2.05) is 62.4 Å². The van der Waals surface area contributed by atoms with Crippen LogP contribution in [-0.4, -0.2) is 10.2 Å². The summed E-state index contributed by atoms with van der Waals surface area (Å²) >= 11 is 0. The molecular weight excluding hydrogens is 296 g/mol. The van der Waals surface area contributed by atoms with Crippen LogP contribution in [-0.2, 0) is 0 Å². The van der Waals surface area contributed by atoms with Crippen LogP contribution >= 0.6 is 0 Å². The Kier molecular flexibility index (Phi) is 3.20. The summed E-state index contributed by atoms with van der Waals surface area (Å²) < 4.78 is 0. The fraction of sp³-hybridized carbons (Fsp3) is 0.0909. The van der Waals surface area contributed by atoms with Crippen molar-refractivity contribution >= 4 is 21.5 Å². The highest BCUT2D eigenvalue weighted by molar-refractivity contribution is 6.17. The average molecular weight is 314 g/mol. The predicted octanol–water partition coefficient (Wildman–Crippen LogP) is 5.69. The first-order valence-electron chi connectivity index (χ1n) is 8.01. The molecule has 0 aliphatic heterocycles. The average Bonchev–Trinajstić information content (AvgIpc) is 2.57. The van der Waals surface area contributed by atoms with Gasteiger partial charge in [0.25, 0.3) is 0 Å². The molecular formula is C22H18O2. The van der Waals surface area contributed by atoms with Crippen LogP contribution in [0.15, 0.2) is 60.7 Å². The van der Waals surface area contributed by atoms with Crippen molar-refractivity contribution in [1.82, 2.24) is 0 Å². The van der Waals surface area contributed by atoms with E-state index < -0.39 is 0 Å². The lowest BCUT2D eigenvalue weighted by molar-refractivity contribution is 0.476. The summed E-state index contributed by atoms with van der Waals surface area (Å²) in [6, 6.07) is 19.4.